The van der Waals surface area contributed by atoms with E-state index in [0.29, 0.717) is 0 Å². The van der Waals surface area contributed by atoms with E-state index in [2.05, 4.69) is 60.4 Å². The number of aromatic nitrogens is 2. The maximum absolute atomic E-state index is 17.3. The number of rotatable bonds is 10. The van der Waals surface area contributed by atoms with Gasteiger partial charge in [0.1, 0.15) is 6.17 Å². The summed E-state index contributed by atoms with van der Waals surface area (Å²) in [6.45, 7) is 28.3. The molecular weight excluding hydrogens is 443 g/mol. The molecule has 0 unspecified atom stereocenters. The highest BCUT2D eigenvalue weighted by atomic mass is 19.1. The molecule has 194 valence electrons. The molecule has 2 aromatic heterocycles. The van der Waals surface area contributed by atoms with E-state index in [-0.39, 0.29) is 0 Å². The number of hydrogen-bond donors (Lipinski definition) is 0. The minimum atomic E-state index is -1.25. The maximum Gasteiger partial charge on any atom is 0.146 e. The Labute approximate surface area is 218 Å². The lowest BCUT2D eigenvalue weighted by Crippen LogP contribution is -2.51. The third-order valence-electron chi connectivity index (χ3n) is 7.19. The Morgan fingerprint density at radius 2 is 0.889 bits per heavy atom. The molecule has 0 saturated carbocycles. The van der Waals surface area contributed by atoms with Gasteiger partial charge in [-0.2, -0.15) is 0 Å². The molecule has 0 bridgehead atoms. The molecule has 0 amide bonds. The van der Waals surface area contributed by atoms with Crippen LogP contribution < -0.4 is 0 Å². The van der Waals surface area contributed by atoms with Crippen molar-refractivity contribution >= 4 is 36.5 Å². The average Bonchev–Trinajstić information content (AvgIpc) is 3.25. The van der Waals surface area contributed by atoms with Gasteiger partial charge in [-0.1, -0.05) is 49.6 Å². The summed E-state index contributed by atoms with van der Waals surface area (Å²) in [4.78, 5) is 0. The topological polar surface area (TPSA) is 9.86 Å². The van der Waals surface area contributed by atoms with Crippen molar-refractivity contribution in [1.82, 2.24) is 9.13 Å². The summed E-state index contributed by atoms with van der Waals surface area (Å²) in [5.41, 5.74) is 6.46. The SMILES string of the molecule is C=Cc1c(C)c(/C=C\C)n(C(C)(C)C(F)C(C)(C)n2c(/C=C\C)c(C)c(C=C)c2/C=C\C)c1/C=C\C. The van der Waals surface area contributed by atoms with E-state index in [0.717, 1.165) is 45.0 Å². The van der Waals surface area contributed by atoms with Crippen LogP contribution in [0.15, 0.2) is 37.5 Å². The van der Waals surface area contributed by atoms with Gasteiger partial charge < -0.3 is 9.13 Å². The molecule has 0 aliphatic rings. The fourth-order valence-electron chi connectivity index (χ4n) is 5.70. The van der Waals surface area contributed by atoms with Crippen molar-refractivity contribution in [2.75, 3.05) is 0 Å². The van der Waals surface area contributed by atoms with E-state index in [4.69, 9.17) is 0 Å². The standard InChI is InChI=1S/C33H45FN2/c1-13-19-27-23(7)25(17-5)29(21-15-3)35(27)32(9,10)31(34)33(11,12)36-28(20-14-2)24(8)26(18-6)30(36)22-16-4/h13-22,31H,5-6H2,1-4,7-12H3/b19-13-,20-14-,21-15-,22-16-. The fraction of sp³-hybridized carbons (Fsp3) is 0.394. The molecule has 0 atom stereocenters. The highest BCUT2D eigenvalue weighted by molar-refractivity contribution is 5.73. The van der Waals surface area contributed by atoms with Gasteiger partial charge in [0.25, 0.3) is 0 Å². The van der Waals surface area contributed by atoms with Crippen LogP contribution in [-0.2, 0) is 11.1 Å². The zero-order chi connectivity index (χ0) is 27.4. The third kappa shape index (κ3) is 4.68. The van der Waals surface area contributed by atoms with Crippen molar-refractivity contribution in [3.05, 3.63) is 82.5 Å². The molecule has 0 N–H and O–H groups in total. The van der Waals surface area contributed by atoms with Gasteiger partial charge in [0.15, 0.2) is 0 Å². The second-order valence-corrected chi connectivity index (χ2v) is 10.4. The zero-order valence-corrected chi connectivity index (χ0v) is 24.0. The van der Waals surface area contributed by atoms with E-state index >= 15 is 4.39 Å². The van der Waals surface area contributed by atoms with Gasteiger partial charge in [-0.05, 0) is 105 Å². The number of halogens is 1. The largest absolute Gasteiger partial charge is 0.332 e. The minimum Gasteiger partial charge on any atom is -0.332 e. The van der Waals surface area contributed by atoms with Gasteiger partial charge in [0.2, 0.25) is 0 Å². The lowest BCUT2D eigenvalue weighted by atomic mass is 9.83. The first-order chi connectivity index (χ1) is 16.9. The number of alkyl halides is 1. The summed E-state index contributed by atoms with van der Waals surface area (Å²) in [7, 11) is 0. The molecule has 0 aromatic carbocycles. The van der Waals surface area contributed by atoms with Crippen molar-refractivity contribution in [2.24, 2.45) is 0 Å². The predicted molar refractivity (Wildman–Crippen MR) is 161 cm³/mol. The van der Waals surface area contributed by atoms with Crippen LogP contribution in [-0.4, -0.2) is 15.3 Å². The first-order valence-electron chi connectivity index (χ1n) is 12.8. The second kappa shape index (κ2) is 11.3. The molecule has 36 heavy (non-hydrogen) atoms. The summed E-state index contributed by atoms with van der Waals surface area (Å²) in [6.07, 6.45) is 18.8. The van der Waals surface area contributed by atoms with Gasteiger partial charge in [-0.3, -0.25) is 0 Å². The lowest BCUT2D eigenvalue weighted by molar-refractivity contribution is 0.0429. The molecule has 2 heterocycles. The first kappa shape index (κ1) is 29.2. The molecular formula is C33H45FN2. The monoisotopic (exact) mass is 488 g/mol. The summed E-state index contributed by atoms with van der Waals surface area (Å²) in [6, 6.07) is 0. The zero-order valence-electron chi connectivity index (χ0n) is 24.0. The number of nitrogens with zero attached hydrogens (tertiary/aromatic N) is 2. The van der Waals surface area contributed by atoms with E-state index < -0.39 is 17.2 Å². The van der Waals surface area contributed by atoms with Crippen molar-refractivity contribution in [2.45, 2.75) is 86.5 Å². The molecule has 2 aromatic rings. The highest BCUT2D eigenvalue weighted by Gasteiger charge is 2.47. The Kier molecular flexibility index (Phi) is 9.18. The molecule has 0 saturated heterocycles. The van der Waals surface area contributed by atoms with Crippen LogP contribution in [0.5, 0.6) is 0 Å². The van der Waals surface area contributed by atoms with E-state index in [1.165, 1.54) is 0 Å². The molecule has 0 radical (unpaired) electrons. The number of allylic oxidation sites excluding steroid dienone is 4. The maximum atomic E-state index is 17.3. The molecule has 2 rings (SSSR count). The normalized spacial score (nSPS) is 13.4. The quantitative estimate of drug-likeness (QED) is 0.315. The van der Waals surface area contributed by atoms with Crippen molar-refractivity contribution in [3.8, 4) is 0 Å². The molecule has 0 aliphatic heterocycles. The van der Waals surface area contributed by atoms with Crippen LogP contribution in [0.1, 0.15) is 100 Å². The second-order valence-electron chi connectivity index (χ2n) is 10.4. The van der Waals surface area contributed by atoms with E-state index in [1.807, 2.05) is 91.8 Å². The van der Waals surface area contributed by atoms with Gasteiger partial charge in [0, 0.05) is 33.9 Å². The van der Waals surface area contributed by atoms with Gasteiger partial charge in [0.05, 0.1) is 11.1 Å². The molecule has 0 aliphatic carbocycles. The minimum absolute atomic E-state index is 0.883. The van der Waals surface area contributed by atoms with Crippen molar-refractivity contribution in [3.63, 3.8) is 0 Å². The Hall–Kier alpha value is -3.07. The average molecular weight is 489 g/mol. The van der Waals surface area contributed by atoms with E-state index in [1.54, 1.807) is 0 Å². The van der Waals surface area contributed by atoms with Crippen LogP contribution in [0.2, 0.25) is 0 Å². The summed E-state index contributed by atoms with van der Waals surface area (Å²) < 4.78 is 21.6. The highest BCUT2D eigenvalue weighted by Crippen LogP contribution is 2.43. The predicted octanol–water partition coefficient (Wildman–Crippen LogP) is 9.83. The molecule has 3 heteroatoms. The van der Waals surface area contributed by atoms with Gasteiger partial charge >= 0.3 is 0 Å². The Morgan fingerprint density at radius 3 is 1.14 bits per heavy atom. The summed E-state index contributed by atoms with van der Waals surface area (Å²) in [5, 5.41) is 0. The van der Waals surface area contributed by atoms with Crippen LogP contribution in [0.3, 0.4) is 0 Å². The van der Waals surface area contributed by atoms with Gasteiger partial charge in [-0.15, -0.1) is 0 Å². The number of hydrogen-bond acceptors (Lipinski definition) is 0. The van der Waals surface area contributed by atoms with Crippen molar-refractivity contribution in [1.29, 1.82) is 0 Å². The van der Waals surface area contributed by atoms with Crippen LogP contribution in [0.4, 0.5) is 4.39 Å². The van der Waals surface area contributed by atoms with Crippen LogP contribution in [0, 0.1) is 13.8 Å². The van der Waals surface area contributed by atoms with Crippen molar-refractivity contribution < 1.29 is 4.39 Å². The van der Waals surface area contributed by atoms with Gasteiger partial charge in [-0.25, -0.2) is 4.39 Å². The Morgan fingerprint density at radius 1 is 0.611 bits per heavy atom. The first-order valence-corrected chi connectivity index (χ1v) is 12.8. The van der Waals surface area contributed by atoms with E-state index in [9.17, 15) is 0 Å². The molecule has 0 spiro atoms. The molecule has 2 nitrogen and oxygen atoms in total. The Bertz CT molecular complexity index is 1140. The molecule has 0 fully saturated rings. The lowest BCUT2D eigenvalue weighted by Gasteiger charge is -2.44. The van der Waals surface area contributed by atoms with Crippen LogP contribution >= 0.6 is 0 Å². The summed E-state index contributed by atoms with van der Waals surface area (Å²) in [5.74, 6) is 0. The third-order valence-corrected chi connectivity index (χ3v) is 7.19. The summed E-state index contributed by atoms with van der Waals surface area (Å²) >= 11 is 0. The fourth-order valence-corrected chi connectivity index (χ4v) is 5.70. The van der Waals surface area contributed by atoms with Crippen LogP contribution in [0.25, 0.3) is 36.5 Å². The smallest absolute Gasteiger partial charge is 0.146 e. The Balaban J connectivity index is 2.96.